The first-order chi connectivity index (χ1) is 9.52. The van der Waals surface area contributed by atoms with Crippen molar-refractivity contribution in [2.24, 2.45) is 0 Å². The molecule has 0 saturated heterocycles. The molecule has 1 N–H and O–H groups in total. The number of rotatable bonds is 8. The van der Waals surface area contributed by atoms with Crippen molar-refractivity contribution in [1.82, 2.24) is 4.90 Å². The van der Waals surface area contributed by atoms with Crippen LogP contribution in [0.5, 0.6) is 0 Å². The van der Waals surface area contributed by atoms with Crippen LogP contribution in [0.25, 0.3) is 0 Å². The zero-order valence-electron chi connectivity index (χ0n) is 11.6. The molecule has 0 aliphatic heterocycles. The first-order valence-electron chi connectivity index (χ1n) is 6.77. The van der Waals surface area contributed by atoms with Crippen LogP contribution in [-0.4, -0.2) is 28.4 Å². The smallest absolute Gasteiger partial charge is 0.303 e. The average Bonchev–Trinajstić information content (AvgIpc) is 2.40. The summed E-state index contributed by atoms with van der Waals surface area (Å²) in [6.07, 6.45) is 1.72. The van der Waals surface area contributed by atoms with Crippen molar-refractivity contribution in [2.75, 3.05) is 6.54 Å². The number of amides is 1. The van der Waals surface area contributed by atoms with E-state index < -0.39 is 5.97 Å². The van der Waals surface area contributed by atoms with Gasteiger partial charge in [-0.15, -0.1) is 0 Å². The van der Waals surface area contributed by atoms with Crippen molar-refractivity contribution >= 4 is 27.8 Å². The molecule has 0 aliphatic carbocycles. The Hall–Kier alpha value is -1.36. The van der Waals surface area contributed by atoms with E-state index in [9.17, 15) is 9.59 Å². The molecule has 110 valence electrons. The van der Waals surface area contributed by atoms with E-state index >= 15 is 0 Å². The zero-order chi connectivity index (χ0) is 15.0. The van der Waals surface area contributed by atoms with Gasteiger partial charge in [-0.2, -0.15) is 0 Å². The zero-order valence-corrected chi connectivity index (χ0v) is 13.2. The Balaban J connectivity index is 2.44. The molecule has 0 radical (unpaired) electrons. The van der Waals surface area contributed by atoms with E-state index in [-0.39, 0.29) is 12.3 Å². The third kappa shape index (κ3) is 6.19. The van der Waals surface area contributed by atoms with E-state index in [0.29, 0.717) is 32.4 Å². The highest BCUT2D eigenvalue weighted by molar-refractivity contribution is 9.10. The van der Waals surface area contributed by atoms with Gasteiger partial charge in [-0.05, 0) is 37.5 Å². The molecular weight excluding hydrogens is 322 g/mol. The van der Waals surface area contributed by atoms with Crippen LogP contribution in [0.4, 0.5) is 0 Å². The maximum Gasteiger partial charge on any atom is 0.303 e. The van der Waals surface area contributed by atoms with Crippen LogP contribution in [0.1, 0.15) is 38.2 Å². The van der Waals surface area contributed by atoms with Crippen LogP contribution in [0, 0.1) is 0 Å². The lowest BCUT2D eigenvalue weighted by Gasteiger charge is -2.21. The van der Waals surface area contributed by atoms with Gasteiger partial charge < -0.3 is 10.0 Å². The summed E-state index contributed by atoms with van der Waals surface area (Å²) < 4.78 is 1.000. The molecule has 0 unspecified atom stereocenters. The van der Waals surface area contributed by atoms with E-state index in [2.05, 4.69) is 15.9 Å². The Morgan fingerprint density at radius 3 is 2.55 bits per heavy atom. The van der Waals surface area contributed by atoms with Crippen molar-refractivity contribution < 1.29 is 14.7 Å². The Morgan fingerprint density at radius 1 is 1.25 bits per heavy atom. The number of halogens is 1. The van der Waals surface area contributed by atoms with Crippen LogP contribution < -0.4 is 0 Å². The summed E-state index contributed by atoms with van der Waals surface area (Å²) in [5, 5.41) is 8.56. The topological polar surface area (TPSA) is 57.6 Å². The van der Waals surface area contributed by atoms with E-state index in [1.54, 1.807) is 4.90 Å². The molecule has 1 amide bonds. The number of hydrogen-bond acceptors (Lipinski definition) is 2. The second-order valence-electron chi connectivity index (χ2n) is 4.64. The van der Waals surface area contributed by atoms with E-state index in [4.69, 9.17) is 5.11 Å². The van der Waals surface area contributed by atoms with Gasteiger partial charge in [-0.3, -0.25) is 9.59 Å². The van der Waals surface area contributed by atoms with Crippen LogP contribution in [0.2, 0.25) is 0 Å². The second-order valence-corrected chi connectivity index (χ2v) is 5.55. The largest absolute Gasteiger partial charge is 0.481 e. The minimum Gasteiger partial charge on any atom is -0.481 e. The van der Waals surface area contributed by atoms with Crippen LogP contribution in [-0.2, 0) is 16.1 Å². The maximum absolute atomic E-state index is 12.1. The lowest BCUT2D eigenvalue weighted by molar-refractivity contribution is -0.137. The van der Waals surface area contributed by atoms with Gasteiger partial charge in [-0.1, -0.05) is 28.1 Å². The quantitative estimate of drug-likeness (QED) is 0.736. The molecule has 0 aromatic heterocycles. The highest BCUT2D eigenvalue weighted by Crippen LogP contribution is 2.14. The van der Waals surface area contributed by atoms with Crippen LogP contribution in [0.15, 0.2) is 28.7 Å². The van der Waals surface area contributed by atoms with Crippen molar-refractivity contribution in [1.29, 1.82) is 0 Å². The number of carbonyl (C=O) groups excluding carboxylic acids is 1. The molecule has 4 nitrogen and oxygen atoms in total. The van der Waals surface area contributed by atoms with Crippen molar-refractivity contribution in [3.8, 4) is 0 Å². The SMILES string of the molecule is CCN(Cc1cccc(Br)c1)C(=O)CCCCC(=O)O. The molecule has 20 heavy (non-hydrogen) atoms. The number of carbonyl (C=O) groups is 2. The van der Waals surface area contributed by atoms with Crippen LogP contribution in [0.3, 0.4) is 0 Å². The number of carboxylic acids is 1. The molecule has 1 aromatic rings. The lowest BCUT2D eigenvalue weighted by atomic mass is 10.1. The minimum absolute atomic E-state index is 0.0814. The minimum atomic E-state index is -0.807. The normalized spacial score (nSPS) is 10.3. The number of hydrogen-bond donors (Lipinski definition) is 1. The summed E-state index contributed by atoms with van der Waals surface area (Å²) in [6, 6.07) is 7.89. The van der Waals surface area contributed by atoms with Gasteiger partial charge in [0.1, 0.15) is 0 Å². The predicted molar refractivity (Wildman–Crippen MR) is 81.3 cm³/mol. The van der Waals surface area contributed by atoms with Gasteiger partial charge in [0.05, 0.1) is 0 Å². The van der Waals surface area contributed by atoms with Crippen molar-refractivity contribution in [3.63, 3.8) is 0 Å². The average molecular weight is 342 g/mol. The fourth-order valence-electron chi connectivity index (χ4n) is 1.94. The van der Waals surface area contributed by atoms with Gasteiger partial charge >= 0.3 is 5.97 Å². The third-order valence-electron chi connectivity index (χ3n) is 3.03. The molecule has 1 aromatic carbocycles. The molecule has 0 atom stereocenters. The standard InChI is InChI=1S/C15H20BrNO3/c1-2-17(11-12-6-5-7-13(16)10-12)14(18)8-3-4-9-15(19)20/h5-7,10H,2-4,8-9,11H2,1H3,(H,19,20). The fourth-order valence-corrected chi connectivity index (χ4v) is 2.39. The summed E-state index contributed by atoms with van der Waals surface area (Å²) in [5.41, 5.74) is 1.08. The van der Waals surface area contributed by atoms with Crippen molar-refractivity contribution in [3.05, 3.63) is 34.3 Å². The molecule has 0 fully saturated rings. The molecule has 5 heteroatoms. The molecular formula is C15H20BrNO3. The van der Waals surface area contributed by atoms with E-state index in [0.717, 1.165) is 10.0 Å². The summed E-state index contributed by atoms with van der Waals surface area (Å²) >= 11 is 3.42. The fraction of sp³-hybridized carbons (Fsp3) is 0.467. The van der Waals surface area contributed by atoms with Gasteiger partial charge in [0.2, 0.25) is 5.91 Å². The number of benzene rings is 1. The number of unbranched alkanes of at least 4 members (excludes halogenated alkanes) is 1. The van der Waals surface area contributed by atoms with Crippen molar-refractivity contribution in [2.45, 2.75) is 39.2 Å². The first-order valence-corrected chi connectivity index (χ1v) is 7.56. The number of nitrogens with zero attached hydrogens (tertiary/aromatic N) is 1. The highest BCUT2D eigenvalue weighted by Gasteiger charge is 2.12. The number of aliphatic carboxylic acids is 1. The predicted octanol–water partition coefficient (Wildman–Crippen LogP) is 3.44. The Labute approximate surface area is 127 Å². The number of carboxylic acid groups (broad SMARTS) is 1. The van der Waals surface area contributed by atoms with Gasteiger partial charge in [0.25, 0.3) is 0 Å². The van der Waals surface area contributed by atoms with E-state index in [1.165, 1.54) is 0 Å². The van der Waals surface area contributed by atoms with Gasteiger partial charge in [-0.25, -0.2) is 0 Å². The maximum atomic E-state index is 12.1. The van der Waals surface area contributed by atoms with E-state index in [1.807, 2.05) is 31.2 Å². The molecule has 1 rings (SSSR count). The molecule has 0 spiro atoms. The first kappa shape index (κ1) is 16.7. The molecule has 0 saturated carbocycles. The summed E-state index contributed by atoms with van der Waals surface area (Å²) in [7, 11) is 0. The molecule has 0 aliphatic rings. The van der Waals surface area contributed by atoms with Gasteiger partial charge in [0.15, 0.2) is 0 Å². The summed E-state index contributed by atoms with van der Waals surface area (Å²) in [4.78, 5) is 24.3. The third-order valence-corrected chi connectivity index (χ3v) is 3.52. The summed E-state index contributed by atoms with van der Waals surface area (Å²) in [5.74, 6) is -0.725. The van der Waals surface area contributed by atoms with Crippen LogP contribution >= 0.6 is 15.9 Å². The Morgan fingerprint density at radius 2 is 1.95 bits per heavy atom. The second kappa shape index (κ2) is 8.74. The monoisotopic (exact) mass is 341 g/mol. The highest BCUT2D eigenvalue weighted by atomic mass is 79.9. The molecule has 0 heterocycles. The summed E-state index contributed by atoms with van der Waals surface area (Å²) in [6.45, 7) is 3.20. The molecule has 0 bridgehead atoms. The Bertz CT molecular complexity index is 462. The lowest BCUT2D eigenvalue weighted by Crippen LogP contribution is -2.30. The van der Waals surface area contributed by atoms with Gasteiger partial charge in [0, 0.05) is 30.4 Å². The Kier molecular flexibility index (Phi) is 7.30.